The number of halogens is 4. The second-order valence-electron chi connectivity index (χ2n) is 11.4. The van der Waals surface area contributed by atoms with Crippen LogP contribution in [-0.2, 0) is 19.6 Å². The van der Waals surface area contributed by atoms with Crippen LogP contribution in [0, 0.1) is 12.7 Å². The van der Waals surface area contributed by atoms with Gasteiger partial charge < -0.3 is 21.1 Å². The summed E-state index contributed by atoms with van der Waals surface area (Å²) in [5.41, 5.74) is 4.39. The third-order valence-electron chi connectivity index (χ3n) is 7.62. The molecule has 1 unspecified atom stereocenters. The van der Waals surface area contributed by atoms with Crippen molar-refractivity contribution in [1.82, 2.24) is 19.4 Å². The molecule has 0 aliphatic heterocycles. The van der Waals surface area contributed by atoms with E-state index in [4.69, 9.17) is 10.5 Å². The van der Waals surface area contributed by atoms with Gasteiger partial charge in [0.15, 0.2) is 5.60 Å². The number of nitrogens with zero attached hydrogens (tertiary/aromatic N) is 3. The van der Waals surface area contributed by atoms with Crippen molar-refractivity contribution < 1.29 is 40.3 Å². The molecule has 0 fully saturated rings. The second-order valence-corrected chi connectivity index (χ2v) is 13.4. The van der Waals surface area contributed by atoms with E-state index in [0.717, 1.165) is 31.3 Å². The van der Waals surface area contributed by atoms with Crippen LogP contribution in [0.5, 0.6) is 0 Å². The summed E-state index contributed by atoms with van der Waals surface area (Å²) in [6, 6.07) is 12.6. The lowest BCUT2D eigenvalue weighted by molar-refractivity contribution is -0.273. The number of carbonyl (C=O) groups excluding carboxylic acids is 2. The first-order valence-electron chi connectivity index (χ1n) is 14.8. The fourth-order valence-corrected chi connectivity index (χ4v) is 6.16. The lowest BCUT2D eigenvalue weighted by Gasteiger charge is -2.38. The van der Waals surface area contributed by atoms with Crippen LogP contribution in [0.15, 0.2) is 71.8 Å². The van der Waals surface area contributed by atoms with Gasteiger partial charge in [-0.3, -0.25) is 9.59 Å². The number of anilines is 1. The van der Waals surface area contributed by atoms with E-state index in [9.17, 15) is 35.6 Å². The standard InChI is InChI=1S/C32H36F4N6O5S/c1-5-13-47-31(32(34,35)36,19-41(4)48(45,46)25-11-9-23(33)10-12-25)18-38-27-14-20(2)15-28-26(27)17-39-42(28)24-8-6-7-22(16-24)30(44)40-21(3)29(37)43/h6-12,14-17,21,38H,5,13,18-19H2,1-4H3,(H2,37,43)(H,40,44)/t21-,31?/m1/s1. The summed E-state index contributed by atoms with van der Waals surface area (Å²) in [6.45, 7) is 2.55. The molecule has 4 N–H and O–H groups in total. The van der Waals surface area contributed by atoms with Gasteiger partial charge in [0.1, 0.15) is 11.9 Å². The van der Waals surface area contributed by atoms with Crippen molar-refractivity contribution in [2.45, 2.75) is 49.9 Å². The van der Waals surface area contributed by atoms with Crippen molar-refractivity contribution >= 4 is 38.4 Å². The molecule has 0 aliphatic rings. The zero-order valence-electron chi connectivity index (χ0n) is 26.6. The molecule has 11 nitrogen and oxygen atoms in total. The number of rotatable bonds is 14. The highest BCUT2D eigenvalue weighted by atomic mass is 32.2. The van der Waals surface area contributed by atoms with E-state index in [1.165, 1.54) is 29.9 Å². The van der Waals surface area contributed by atoms with Crippen LogP contribution in [0.1, 0.15) is 36.2 Å². The van der Waals surface area contributed by atoms with Gasteiger partial charge in [0.05, 0.1) is 35.4 Å². The minimum absolute atomic E-state index is 0.220. The Morgan fingerprint density at radius 1 is 1.10 bits per heavy atom. The highest BCUT2D eigenvalue weighted by Crippen LogP contribution is 2.37. The van der Waals surface area contributed by atoms with Gasteiger partial charge in [-0.1, -0.05) is 13.0 Å². The van der Waals surface area contributed by atoms with Crippen LogP contribution in [0.2, 0.25) is 0 Å². The summed E-state index contributed by atoms with van der Waals surface area (Å²) in [6.07, 6.45) is -3.35. The predicted molar refractivity (Wildman–Crippen MR) is 172 cm³/mol. The van der Waals surface area contributed by atoms with Crippen molar-refractivity contribution in [3.63, 3.8) is 0 Å². The van der Waals surface area contributed by atoms with Crippen LogP contribution < -0.4 is 16.4 Å². The van der Waals surface area contributed by atoms with Gasteiger partial charge in [0.25, 0.3) is 5.91 Å². The molecule has 16 heteroatoms. The summed E-state index contributed by atoms with van der Waals surface area (Å²) in [5.74, 6) is -1.94. The van der Waals surface area contributed by atoms with Crippen molar-refractivity contribution in [3.8, 4) is 5.69 Å². The van der Waals surface area contributed by atoms with Gasteiger partial charge in [-0.05, 0) is 80.4 Å². The maximum absolute atomic E-state index is 14.9. The quantitative estimate of drug-likeness (QED) is 0.165. The van der Waals surface area contributed by atoms with Crippen LogP contribution in [-0.4, -0.2) is 78.9 Å². The number of aryl methyl sites for hydroxylation is 1. The summed E-state index contributed by atoms with van der Waals surface area (Å²) in [5, 5.41) is 10.2. The fraction of sp³-hybridized carbons (Fsp3) is 0.344. The average molecular weight is 693 g/mol. The Morgan fingerprint density at radius 3 is 2.42 bits per heavy atom. The number of sulfonamides is 1. The van der Waals surface area contributed by atoms with Gasteiger partial charge in [0.2, 0.25) is 15.9 Å². The Bertz CT molecular complexity index is 1900. The van der Waals surface area contributed by atoms with Crippen molar-refractivity contribution in [2.75, 3.05) is 32.1 Å². The molecule has 0 saturated heterocycles. The number of primary amides is 1. The van der Waals surface area contributed by atoms with Crippen molar-refractivity contribution in [2.24, 2.45) is 5.73 Å². The summed E-state index contributed by atoms with van der Waals surface area (Å²) in [7, 11) is -3.45. The number of aromatic nitrogens is 2. The van der Waals surface area contributed by atoms with Gasteiger partial charge in [-0.15, -0.1) is 0 Å². The van der Waals surface area contributed by atoms with E-state index in [0.29, 0.717) is 26.5 Å². The molecule has 4 aromatic rings. The Labute approximate surface area is 275 Å². The molecule has 0 saturated carbocycles. The molecular formula is C32H36F4N6O5S. The highest BCUT2D eigenvalue weighted by molar-refractivity contribution is 7.89. The molecule has 48 heavy (non-hydrogen) atoms. The number of hydrogen-bond acceptors (Lipinski definition) is 7. The van der Waals surface area contributed by atoms with E-state index in [1.54, 1.807) is 38.1 Å². The number of likely N-dealkylation sites (N-methyl/N-ethyl adjacent to an activating group) is 1. The van der Waals surface area contributed by atoms with Crippen LogP contribution >= 0.6 is 0 Å². The number of alkyl halides is 3. The van der Waals surface area contributed by atoms with Gasteiger partial charge in [0, 0.05) is 30.3 Å². The number of amides is 2. The molecule has 2 amide bonds. The Kier molecular flexibility index (Phi) is 10.8. The third-order valence-corrected chi connectivity index (χ3v) is 9.44. The summed E-state index contributed by atoms with van der Waals surface area (Å²) < 4.78 is 92.2. The number of nitrogens with two attached hydrogens (primary N) is 1. The van der Waals surface area contributed by atoms with E-state index >= 15 is 0 Å². The predicted octanol–water partition coefficient (Wildman–Crippen LogP) is 4.54. The highest BCUT2D eigenvalue weighted by Gasteiger charge is 2.57. The maximum atomic E-state index is 14.9. The van der Waals surface area contributed by atoms with Crippen molar-refractivity contribution in [3.05, 3.63) is 83.8 Å². The molecule has 1 aromatic heterocycles. The maximum Gasteiger partial charge on any atom is 0.420 e. The SMILES string of the molecule is CCCOC(CNc1cc(C)cc2c1cnn2-c1cccc(C(=O)N[C@H](C)C(N)=O)c1)(CN(C)S(=O)(=O)c1ccc(F)cc1)C(F)(F)F. The molecule has 0 bridgehead atoms. The Morgan fingerprint density at radius 2 is 1.79 bits per heavy atom. The van der Waals surface area contributed by atoms with Gasteiger partial charge in [-0.25, -0.2) is 17.5 Å². The first kappa shape index (κ1) is 36.3. The second kappa shape index (κ2) is 14.3. The number of fused-ring (bicyclic) bond motifs is 1. The van der Waals surface area contributed by atoms with Crippen LogP contribution in [0.3, 0.4) is 0 Å². The average Bonchev–Trinajstić information content (AvgIpc) is 3.45. The van der Waals surface area contributed by atoms with Gasteiger partial charge >= 0.3 is 6.18 Å². The molecule has 3 aromatic carbocycles. The first-order chi connectivity index (χ1) is 22.5. The molecule has 2 atom stereocenters. The topological polar surface area (TPSA) is 149 Å². The van der Waals surface area contributed by atoms with E-state index < -0.39 is 58.6 Å². The number of carbonyl (C=O) groups is 2. The van der Waals surface area contributed by atoms with Gasteiger partial charge in [-0.2, -0.15) is 22.6 Å². The largest absolute Gasteiger partial charge is 0.420 e. The zero-order valence-corrected chi connectivity index (χ0v) is 27.5. The van der Waals surface area contributed by atoms with E-state index in [1.807, 2.05) is 0 Å². The Balaban J connectivity index is 1.69. The lowest BCUT2D eigenvalue weighted by atomic mass is 10.0. The molecule has 0 spiro atoms. The van der Waals surface area contributed by atoms with Crippen molar-refractivity contribution in [1.29, 1.82) is 0 Å². The molecule has 4 rings (SSSR count). The number of benzene rings is 3. The first-order valence-corrected chi connectivity index (χ1v) is 16.3. The molecule has 258 valence electrons. The molecular weight excluding hydrogens is 656 g/mol. The number of ether oxygens (including phenoxy) is 1. The van der Waals surface area contributed by atoms with Crippen LogP contribution in [0.4, 0.5) is 23.2 Å². The monoisotopic (exact) mass is 692 g/mol. The molecule has 1 heterocycles. The van der Waals surface area contributed by atoms with E-state index in [2.05, 4.69) is 15.7 Å². The van der Waals surface area contributed by atoms with E-state index in [-0.39, 0.29) is 29.2 Å². The number of nitrogens with one attached hydrogen (secondary N) is 2. The number of hydrogen-bond donors (Lipinski definition) is 3. The minimum Gasteiger partial charge on any atom is -0.381 e. The summed E-state index contributed by atoms with van der Waals surface area (Å²) >= 11 is 0. The zero-order chi connectivity index (χ0) is 35.4. The minimum atomic E-state index is -5.03. The fourth-order valence-electron chi connectivity index (χ4n) is 4.94. The summed E-state index contributed by atoms with van der Waals surface area (Å²) in [4.78, 5) is 23.7. The third kappa shape index (κ3) is 7.77. The lowest BCUT2D eigenvalue weighted by Crippen LogP contribution is -2.59. The molecule has 0 radical (unpaired) electrons. The molecule has 0 aliphatic carbocycles. The van der Waals surface area contributed by atoms with Crippen LogP contribution in [0.25, 0.3) is 16.6 Å². The normalized spacial score (nSPS) is 14.1. The Hall–Kier alpha value is -4.54. The smallest absolute Gasteiger partial charge is 0.381 e.